The summed E-state index contributed by atoms with van der Waals surface area (Å²) in [6.07, 6.45) is -1.68. The number of hydrogen-bond donors (Lipinski definition) is 0. The number of nitrogens with zero attached hydrogens (tertiary/aromatic N) is 1. The molecule has 1 rings (SSSR count). The SMILES string of the molecule is Fc1ccnc(C(F)F)c1I. The highest BCUT2D eigenvalue weighted by molar-refractivity contribution is 14.1. The molecule has 0 radical (unpaired) electrons. The molecule has 0 aliphatic heterocycles. The van der Waals surface area contributed by atoms with Crippen molar-refractivity contribution in [3.05, 3.63) is 27.3 Å². The van der Waals surface area contributed by atoms with Gasteiger partial charge in [-0.2, -0.15) is 0 Å². The molecule has 0 saturated heterocycles. The Labute approximate surface area is 74.8 Å². The first-order valence-corrected chi connectivity index (χ1v) is 3.79. The molecule has 60 valence electrons. The Kier molecular flexibility index (Phi) is 2.69. The molecule has 0 bridgehead atoms. The largest absolute Gasteiger partial charge is 0.281 e. The third-order valence-corrected chi connectivity index (χ3v) is 2.14. The van der Waals surface area contributed by atoms with Gasteiger partial charge in [-0.15, -0.1) is 0 Å². The second-order valence-electron chi connectivity index (χ2n) is 1.79. The van der Waals surface area contributed by atoms with Crippen LogP contribution in [0.5, 0.6) is 0 Å². The van der Waals surface area contributed by atoms with Crippen LogP contribution in [0.3, 0.4) is 0 Å². The van der Waals surface area contributed by atoms with Crippen molar-refractivity contribution in [2.24, 2.45) is 0 Å². The Morgan fingerprint density at radius 3 is 2.55 bits per heavy atom. The van der Waals surface area contributed by atoms with E-state index in [1.54, 1.807) is 0 Å². The van der Waals surface area contributed by atoms with E-state index in [-0.39, 0.29) is 3.57 Å². The van der Waals surface area contributed by atoms with Crippen LogP contribution in [-0.2, 0) is 0 Å². The van der Waals surface area contributed by atoms with E-state index in [2.05, 4.69) is 4.98 Å². The maximum atomic E-state index is 12.6. The standard InChI is InChI=1S/C6H3F3IN/c7-3-1-2-11-5(4(3)10)6(8)9/h1-2,6H. The molecule has 1 aromatic rings. The van der Waals surface area contributed by atoms with Gasteiger partial charge in [0, 0.05) is 6.20 Å². The van der Waals surface area contributed by atoms with Crippen molar-refractivity contribution in [1.29, 1.82) is 0 Å². The minimum absolute atomic E-state index is 0.111. The van der Waals surface area contributed by atoms with Crippen LogP contribution in [-0.4, -0.2) is 4.98 Å². The number of alkyl halides is 2. The van der Waals surface area contributed by atoms with Crippen molar-refractivity contribution in [3.63, 3.8) is 0 Å². The zero-order valence-electron chi connectivity index (χ0n) is 5.19. The molecule has 5 heteroatoms. The van der Waals surface area contributed by atoms with E-state index < -0.39 is 17.9 Å². The molecule has 0 aliphatic rings. The fourth-order valence-corrected chi connectivity index (χ4v) is 1.14. The summed E-state index contributed by atoms with van der Waals surface area (Å²) in [5.74, 6) is -0.657. The summed E-state index contributed by atoms with van der Waals surface area (Å²) in [6.45, 7) is 0. The Balaban J connectivity index is 3.17. The van der Waals surface area contributed by atoms with Crippen LogP contribution in [0.4, 0.5) is 13.2 Å². The molecule has 0 N–H and O–H groups in total. The summed E-state index contributed by atoms with van der Waals surface area (Å²) in [4.78, 5) is 3.34. The van der Waals surface area contributed by atoms with Gasteiger partial charge in [0.1, 0.15) is 11.5 Å². The van der Waals surface area contributed by atoms with Crippen LogP contribution >= 0.6 is 22.6 Å². The van der Waals surface area contributed by atoms with Gasteiger partial charge in [0.25, 0.3) is 6.43 Å². The third-order valence-electron chi connectivity index (χ3n) is 1.08. The molecule has 0 atom stereocenters. The van der Waals surface area contributed by atoms with Crippen molar-refractivity contribution >= 4 is 22.6 Å². The molecule has 1 heterocycles. The van der Waals surface area contributed by atoms with Gasteiger partial charge in [0.2, 0.25) is 0 Å². The maximum Gasteiger partial charge on any atom is 0.281 e. The lowest BCUT2D eigenvalue weighted by Gasteiger charge is -2.00. The Morgan fingerprint density at radius 2 is 2.09 bits per heavy atom. The minimum Gasteiger partial charge on any atom is -0.254 e. The number of aromatic nitrogens is 1. The van der Waals surface area contributed by atoms with Crippen molar-refractivity contribution in [1.82, 2.24) is 4.98 Å². The van der Waals surface area contributed by atoms with E-state index in [1.165, 1.54) is 22.6 Å². The van der Waals surface area contributed by atoms with Gasteiger partial charge in [-0.25, -0.2) is 13.2 Å². The predicted octanol–water partition coefficient (Wildman–Crippen LogP) is 2.76. The summed E-state index contributed by atoms with van der Waals surface area (Å²) >= 11 is 1.50. The van der Waals surface area contributed by atoms with Crippen LogP contribution in [0.15, 0.2) is 12.3 Å². The topological polar surface area (TPSA) is 12.9 Å². The molecule has 0 unspecified atom stereocenters. The zero-order chi connectivity index (χ0) is 8.43. The van der Waals surface area contributed by atoms with E-state index in [0.717, 1.165) is 12.3 Å². The summed E-state index contributed by atoms with van der Waals surface area (Å²) in [6, 6.07) is 1.05. The third kappa shape index (κ3) is 1.82. The first-order valence-electron chi connectivity index (χ1n) is 2.71. The molecule has 0 amide bonds. The molecule has 0 saturated carbocycles. The van der Waals surface area contributed by atoms with Crippen LogP contribution < -0.4 is 0 Å². The maximum absolute atomic E-state index is 12.6. The van der Waals surface area contributed by atoms with E-state index in [4.69, 9.17) is 0 Å². The molecular formula is C6H3F3IN. The Bertz CT molecular complexity index is 264. The average molecular weight is 273 g/mol. The van der Waals surface area contributed by atoms with Gasteiger partial charge < -0.3 is 0 Å². The molecular weight excluding hydrogens is 270 g/mol. The molecule has 1 nitrogen and oxygen atoms in total. The zero-order valence-corrected chi connectivity index (χ0v) is 7.35. The van der Waals surface area contributed by atoms with Crippen LogP contribution in [0.25, 0.3) is 0 Å². The van der Waals surface area contributed by atoms with Gasteiger partial charge in [-0.05, 0) is 28.7 Å². The van der Waals surface area contributed by atoms with Gasteiger partial charge in [-0.3, -0.25) is 4.98 Å². The lowest BCUT2D eigenvalue weighted by Crippen LogP contribution is -1.96. The lowest BCUT2D eigenvalue weighted by atomic mass is 10.3. The van der Waals surface area contributed by atoms with E-state index in [9.17, 15) is 13.2 Å². The number of hydrogen-bond acceptors (Lipinski definition) is 1. The Morgan fingerprint density at radius 1 is 1.45 bits per heavy atom. The molecule has 11 heavy (non-hydrogen) atoms. The van der Waals surface area contributed by atoms with Gasteiger partial charge in [-0.1, -0.05) is 0 Å². The van der Waals surface area contributed by atoms with Crippen LogP contribution in [0, 0.1) is 9.39 Å². The summed E-state index contributed by atoms with van der Waals surface area (Å²) in [5, 5.41) is 0. The minimum atomic E-state index is -2.71. The predicted molar refractivity (Wildman–Crippen MR) is 41.9 cm³/mol. The highest BCUT2D eigenvalue weighted by Crippen LogP contribution is 2.23. The van der Waals surface area contributed by atoms with Gasteiger partial charge in [0.05, 0.1) is 3.57 Å². The average Bonchev–Trinajstić information content (AvgIpc) is 1.94. The van der Waals surface area contributed by atoms with Crippen LogP contribution in [0.2, 0.25) is 0 Å². The molecule has 1 aromatic heterocycles. The normalized spacial score (nSPS) is 10.6. The number of halogens is 4. The van der Waals surface area contributed by atoms with E-state index in [1.807, 2.05) is 0 Å². The second-order valence-corrected chi connectivity index (χ2v) is 2.87. The number of rotatable bonds is 1. The Hall–Kier alpha value is -0.330. The highest BCUT2D eigenvalue weighted by atomic mass is 127. The van der Waals surface area contributed by atoms with Crippen LogP contribution in [0.1, 0.15) is 12.1 Å². The molecule has 0 spiro atoms. The van der Waals surface area contributed by atoms with Crippen molar-refractivity contribution < 1.29 is 13.2 Å². The molecule has 0 fully saturated rings. The highest BCUT2D eigenvalue weighted by Gasteiger charge is 2.15. The molecule has 0 aromatic carbocycles. The van der Waals surface area contributed by atoms with E-state index >= 15 is 0 Å². The quantitative estimate of drug-likeness (QED) is 0.717. The summed E-state index contributed by atoms with van der Waals surface area (Å²) in [5.41, 5.74) is -0.495. The van der Waals surface area contributed by atoms with Gasteiger partial charge >= 0.3 is 0 Å². The fourth-order valence-electron chi connectivity index (χ4n) is 0.587. The van der Waals surface area contributed by atoms with Crippen molar-refractivity contribution in [2.75, 3.05) is 0 Å². The monoisotopic (exact) mass is 273 g/mol. The fraction of sp³-hybridized carbons (Fsp3) is 0.167. The summed E-state index contributed by atoms with van der Waals surface area (Å²) in [7, 11) is 0. The van der Waals surface area contributed by atoms with Crippen molar-refractivity contribution in [2.45, 2.75) is 6.43 Å². The lowest BCUT2D eigenvalue weighted by molar-refractivity contribution is 0.144. The first kappa shape index (κ1) is 8.76. The first-order chi connectivity index (χ1) is 5.13. The second kappa shape index (κ2) is 3.38. The van der Waals surface area contributed by atoms with Crippen molar-refractivity contribution in [3.8, 4) is 0 Å². The van der Waals surface area contributed by atoms with E-state index in [0.29, 0.717) is 0 Å². The molecule has 0 aliphatic carbocycles. The number of pyridine rings is 1. The van der Waals surface area contributed by atoms with Gasteiger partial charge in [0.15, 0.2) is 0 Å². The summed E-state index contributed by atoms with van der Waals surface area (Å²) < 4.78 is 36.4. The smallest absolute Gasteiger partial charge is 0.254 e.